The molecule has 0 spiro atoms. The highest BCUT2D eigenvalue weighted by atomic mass is 16.5. The Morgan fingerprint density at radius 2 is 1.91 bits per heavy atom. The molecule has 3 atom stereocenters. The van der Waals surface area contributed by atoms with Crippen molar-refractivity contribution in [2.75, 3.05) is 48.0 Å². The Hall–Kier alpha value is -3.28. The number of likely N-dealkylation sites (N-methyl/N-ethyl adjacent to an activating group) is 1. The fourth-order valence-electron chi connectivity index (χ4n) is 3.81. The fourth-order valence-corrected chi connectivity index (χ4v) is 3.81. The van der Waals surface area contributed by atoms with E-state index < -0.39 is 0 Å². The number of amides is 1. The summed E-state index contributed by atoms with van der Waals surface area (Å²) in [6.07, 6.45) is 1.45. The van der Waals surface area contributed by atoms with Crippen LogP contribution in [-0.4, -0.2) is 86.0 Å². The number of hydrogen-bond donors (Lipinski definition) is 1. The predicted octanol–water partition coefficient (Wildman–Crippen LogP) is 2.28. The maximum atomic E-state index is 13.5. The van der Waals surface area contributed by atoms with Crippen molar-refractivity contribution in [1.82, 2.24) is 14.8 Å². The lowest BCUT2D eigenvalue weighted by Crippen LogP contribution is -2.49. The Labute approximate surface area is 201 Å². The summed E-state index contributed by atoms with van der Waals surface area (Å²) in [4.78, 5) is 21.7. The molecule has 0 radical (unpaired) electrons. The summed E-state index contributed by atoms with van der Waals surface area (Å²) in [5, 5.41) is 9.77. The van der Waals surface area contributed by atoms with Crippen LogP contribution < -0.4 is 14.2 Å². The summed E-state index contributed by atoms with van der Waals surface area (Å²) in [6.45, 7) is 4.91. The van der Waals surface area contributed by atoms with Crippen molar-refractivity contribution in [3.05, 3.63) is 47.2 Å². The molecule has 0 fully saturated rings. The maximum Gasteiger partial charge on any atom is 0.259 e. The summed E-state index contributed by atoms with van der Waals surface area (Å²) < 4.78 is 16.8. The summed E-state index contributed by atoms with van der Waals surface area (Å²) in [7, 11) is 7.12. The summed E-state index contributed by atoms with van der Waals surface area (Å²) in [5.74, 6) is 7.48. The molecule has 2 aromatic rings. The van der Waals surface area contributed by atoms with Gasteiger partial charge in [0.25, 0.3) is 5.91 Å². The van der Waals surface area contributed by atoms with Crippen molar-refractivity contribution in [1.29, 1.82) is 0 Å². The number of carbonyl (C=O) groups is 1. The number of benzene rings is 1. The Bertz CT molecular complexity index is 1080. The van der Waals surface area contributed by atoms with Crippen LogP contribution in [0.3, 0.4) is 0 Å². The zero-order valence-electron chi connectivity index (χ0n) is 20.7. The highest BCUT2D eigenvalue weighted by Crippen LogP contribution is 2.28. The van der Waals surface area contributed by atoms with Gasteiger partial charge in [-0.1, -0.05) is 18.8 Å². The second-order valence-electron chi connectivity index (χ2n) is 8.78. The van der Waals surface area contributed by atoms with E-state index in [0.717, 1.165) is 5.56 Å². The second-order valence-corrected chi connectivity index (χ2v) is 8.78. The first-order valence-electron chi connectivity index (χ1n) is 11.2. The Kier molecular flexibility index (Phi) is 8.37. The quantitative estimate of drug-likeness (QED) is 0.653. The largest absolute Gasteiger partial charge is 0.493 e. The number of nitrogens with zero attached hydrogens (tertiary/aromatic N) is 3. The third-order valence-electron chi connectivity index (χ3n) is 5.80. The van der Waals surface area contributed by atoms with Crippen molar-refractivity contribution in [2.45, 2.75) is 26.0 Å². The van der Waals surface area contributed by atoms with Gasteiger partial charge in [-0.2, -0.15) is 0 Å². The van der Waals surface area contributed by atoms with Gasteiger partial charge in [-0.25, -0.2) is 4.98 Å². The van der Waals surface area contributed by atoms with E-state index in [9.17, 15) is 9.90 Å². The molecule has 1 N–H and O–H groups in total. The van der Waals surface area contributed by atoms with Gasteiger partial charge in [0.15, 0.2) is 11.5 Å². The molecule has 3 rings (SSSR count). The number of rotatable bonds is 6. The van der Waals surface area contributed by atoms with Crippen LogP contribution in [0.2, 0.25) is 0 Å². The minimum Gasteiger partial charge on any atom is -0.493 e. The van der Waals surface area contributed by atoms with Gasteiger partial charge < -0.3 is 29.1 Å². The van der Waals surface area contributed by atoms with Crippen LogP contribution in [0.25, 0.3) is 0 Å². The molecule has 2 heterocycles. The topological polar surface area (TPSA) is 84.4 Å². The van der Waals surface area contributed by atoms with Crippen LogP contribution in [0.4, 0.5) is 0 Å². The first-order valence-corrected chi connectivity index (χ1v) is 11.2. The number of aliphatic hydroxyl groups is 1. The number of pyridine rings is 1. The van der Waals surface area contributed by atoms with E-state index in [2.05, 4.69) is 16.8 Å². The molecule has 34 heavy (non-hydrogen) atoms. The number of methoxy groups -OCH3 is 2. The first-order chi connectivity index (χ1) is 16.3. The van der Waals surface area contributed by atoms with E-state index >= 15 is 0 Å². The Balaban J connectivity index is 1.99. The van der Waals surface area contributed by atoms with Gasteiger partial charge in [-0.15, -0.1) is 0 Å². The summed E-state index contributed by atoms with van der Waals surface area (Å²) in [5.41, 5.74) is 1.66. The van der Waals surface area contributed by atoms with Crippen LogP contribution >= 0.6 is 0 Å². The zero-order chi connectivity index (χ0) is 24.8. The standard InChI is InChI=1S/C26H33N3O5/c1-17-14-29(18(2)16-30)26(31)21-11-20(13-27-25(21)34-24(17)15-28(3)4)8-7-19-9-10-22(32-5)23(12-19)33-6/h9-13,17-18,24,30H,14-16H2,1-6H3/t17-,18+,24-/m0/s1. The van der Waals surface area contributed by atoms with Gasteiger partial charge in [0, 0.05) is 36.3 Å². The lowest BCUT2D eigenvalue weighted by Gasteiger charge is -2.37. The van der Waals surface area contributed by atoms with Crippen molar-refractivity contribution in [2.24, 2.45) is 5.92 Å². The average molecular weight is 468 g/mol. The molecule has 8 heteroatoms. The van der Waals surface area contributed by atoms with Crippen LogP contribution in [0.1, 0.15) is 35.3 Å². The van der Waals surface area contributed by atoms with Gasteiger partial charge >= 0.3 is 0 Å². The number of carbonyl (C=O) groups excluding carboxylic acids is 1. The zero-order valence-corrected chi connectivity index (χ0v) is 20.7. The molecular weight excluding hydrogens is 434 g/mol. The highest BCUT2D eigenvalue weighted by molar-refractivity contribution is 5.97. The summed E-state index contributed by atoms with van der Waals surface area (Å²) >= 11 is 0. The number of hydrogen-bond acceptors (Lipinski definition) is 7. The molecule has 8 nitrogen and oxygen atoms in total. The van der Waals surface area contributed by atoms with E-state index in [0.29, 0.717) is 35.7 Å². The third kappa shape index (κ3) is 5.79. The second kappa shape index (κ2) is 11.2. The third-order valence-corrected chi connectivity index (χ3v) is 5.80. The van der Waals surface area contributed by atoms with Gasteiger partial charge in [0.1, 0.15) is 11.7 Å². The number of aromatic nitrogens is 1. The molecule has 182 valence electrons. The van der Waals surface area contributed by atoms with Gasteiger partial charge in [0.2, 0.25) is 5.88 Å². The molecule has 1 amide bonds. The van der Waals surface area contributed by atoms with Gasteiger partial charge in [0.05, 0.1) is 26.9 Å². The van der Waals surface area contributed by atoms with E-state index in [1.54, 1.807) is 43.5 Å². The Morgan fingerprint density at radius 3 is 2.56 bits per heavy atom. The van der Waals surface area contributed by atoms with E-state index in [1.165, 1.54) is 0 Å². The van der Waals surface area contributed by atoms with Crippen molar-refractivity contribution in [3.8, 4) is 29.2 Å². The molecule has 0 bridgehead atoms. The molecule has 0 saturated heterocycles. The average Bonchev–Trinajstić information content (AvgIpc) is 2.83. The lowest BCUT2D eigenvalue weighted by atomic mass is 10.00. The monoisotopic (exact) mass is 467 g/mol. The van der Waals surface area contributed by atoms with Crippen molar-refractivity contribution in [3.63, 3.8) is 0 Å². The molecular formula is C26H33N3O5. The molecule has 1 aliphatic rings. The molecule has 0 saturated carbocycles. The first kappa shape index (κ1) is 25.3. The molecule has 1 aromatic heterocycles. The van der Waals surface area contributed by atoms with E-state index in [4.69, 9.17) is 14.2 Å². The van der Waals surface area contributed by atoms with Crippen LogP contribution in [0.5, 0.6) is 17.4 Å². The van der Waals surface area contributed by atoms with E-state index in [1.807, 2.05) is 38.9 Å². The molecule has 0 aliphatic carbocycles. The predicted molar refractivity (Wildman–Crippen MR) is 129 cm³/mol. The smallest absolute Gasteiger partial charge is 0.259 e. The van der Waals surface area contributed by atoms with Crippen LogP contribution in [-0.2, 0) is 0 Å². The number of fused-ring (bicyclic) bond motifs is 1. The highest BCUT2D eigenvalue weighted by Gasteiger charge is 2.33. The Morgan fingerprint density at radius 1 is 1.21 bits per heavy atom. The van der Waals surface area contributed by atoms with Gasteiger partial charge in [-0.05, 0) is 45.3 Å². The number of aliphatic hydroxyl groups excluding tert-OH is 1. The number of ether oxygens (including phenoxy) is 3. The maximum absolute atomic E-state index is 13.5. The van der Waals surface area contributed by atoms with Gasteiger partial charge in [-0.3, -0.25) is 4.79 Å². The normalized spacial score (nSPS) is 18.7. The molecule has 1 aromatic carbocycles. The van der Waals surface area contributed by atoms with Crippen molar-refractivity contribution < 1.29 is 24.1 Å². The SMILES string of the molecule is COc1ccc(C#Cc2cnc3c(c2)C(=O)N([C@H](C)CO)C[C@H](C)[C@H](CN(C)C)O3)cc1OC. The minimum atomic E-state index is -0.331. The molecule has 1 aliphatic heterocycles. The lowest BCUT2D eigenvalue weighted by molar-refractivity contribution is 0.0348. The van der Waals surface area contributed by atoms with Crippen LogP contribution in [0.15, 0.2) is 30.5 Å². The fraction of sp³-hybridized carbons (Fsp3) is 0.462. The molecule has 0 unspecified atom stereocenters. The summed E-state index contributed by atoms with van der Waals surface area (Å²) in [6, 6.07) is 6.79. The van der Waals surface area contributed by atoms with Crippen molar-refractivity contribution >= 4 is 5.91 Å². The minimum absolute atomic E-state index is 0.0554. The van der Waals surface area contributed by atoms with E-state index in [-0.39, 0.29) is 36.5 Å². The van der Waals surface area contributed by atoms with Crippen LogP contribution in [0, 0.1) is 17.8 Å².